The number of benzene rings is 1. The number of nitrogens with zero attached hydrogens (tertiary/aromatic N) is 4. The zero-order chi connectivity index (χ0) is 12.1. The first-order valence-corrected chi connectivity index (χ1v) is 5.95. The van der Waals surface area contributed by atoms with Crippen molar-refractivity contribution in [1.29, 1.82) is 0 Å². The van der Waals surface area contributed by atoms with E-state index in [4.69, 9.17) is 0 Å². The minimum Gasteiger partial charge on any atom is -0.350 e. The van der Waals surface area contributed by atoms with Gasteiger partial charge in [-0.2, -0.15) is 4.68 Å². The molecule has 5 heteroatoms. The first kappa shape index (κ1) is 11.6. The Labute approximate surface area is 101 Å². The second-order valence-electron chi connectivity index (χ2n) is 3.91. The van der Waals surface area contributed by atoms with Crippen LogP contribution in [0, 0.1) is 0 Å². The van der Waals surface area contributed by atoms with Crippen molar-refractivity contribution in [3.8, 4) is 5.69 Å². The van der Waals surface area contributed by atoms with Crippen LogP contribution in [0.1, 0.15) is 26.7 Å². The lowest BCUT2D eigenvalue weighted by Gasteiger charge is -2.14. The molecule has 0 aliphatic rings. The summed E-state index contributed by atoms with van der Waals surface area (Å²) >= 11 is 0. The van der Waals surface area contributed by atoms with E-state index >= 15 is 0 Å². The van der Waals surface area contributed by atoms with Crippen molar-refractivity contribution >= 4 is 5.95 Å². The molecule has 0 fully saturated rings. The Morgan fingerprint density at radius 3 is 2.53 bits per heavy atom. The van der Waals surface area contributed by atoms with E-state index in [0.717, 1.165) is 18.5 Å². The molecule has 0 atom stereocenters. The summed E-state index contributed by atoms with van der Waals surface area (Å²) in [5, 5.41) is 15.1. The molecule has 1 N–H and O–H groups in total. The number of para-hydroxylation sites is 1. The highest BCUT2D eigenvalue weighted by Crippen LogP contribution is 2.13. The van der Waals surface area contributed by atoms with Gasteiger partial charge >= 0.3 is 0 Å². The van der Waals surface area contributed by atoms with Gasteiger partial charge in [0.15, 0.2) is 0 Å². The molecule has 0 bridgehead atoms. The maximum Gasteiger partial charge on any atom is 0.247 e. The lowest BCUT2D eigenvalue weighted by atomic mass is 10.2. The van der Waals surface area contributed by atoms with Crippen molar-refractivity contribution in [2.24, 2.45) is 0 Å². The molecule has 1 heterocycles. The van der Waals surface area contributed by atoms with Crippen LogP contribution in [0.5, 0.6) is 0 Å². The molecule has 90 valence electrons. The summed E-state index contributed by atoms with van der Waals surface area (Å²) in [7, 11) is 0. The molecular formula is C12H17N5. The van der Waals surface area contributed by atoms with Crippen LogP contribution in [-0.2, 0) is 0 Å². The van der Waals surface area contributed by atoms with Crippen molar-refractivity contribution in [1.82, 2.24) is 20.2 Å². The zero-order valence-electron chi connectivity index (χ0n) is 10.2. The third-order valence-electron chi connectivity index (χ3n) is 2.79. The van der Waals surface area contributed by atoms with Crippen LogP contribution >= 0.6 is 0 Å². The minimum atomic E-state index is 0.406. The predicted molar refractivity (Wildman–Crippen MR) is 67.1 cm³/mol. The molecule has 17 heavy (non-hydrogen) atoms. The number of aromatic nitrogens is 4. The molecule has 0 saturated heterocycles. The molecule has 2 rings (SSSR count). The van der Waals surface area contributed by atoms with Crippen LogP contribution in [0.3, 0.4) is 0 Å². The van der Waals surface area contributed by atoms with Crippen LogP contribution in [0.25, 0.3) is 5.69 Å². The van der Waals surface area contributed by atoms with E-state index in [1.165, 1.54) is 0 Å². The van der Waals surface area contributed by atoms with Gasteiger partial charge in [0.05, 0.1) is 5.69 Å². The summed E-state index contributed by atoms with van der Waals surface area (Å²) in [5.41, 5.74) is 0.964. The van der Waals surface area contributed by atoms with Gasteiger partial charge in [0.1, 0.15) is 0 Å². The van der Waals surface area contributed by atoms with E-state index < -0.39 is 0 Å². The fourth-order valence-electron chi connectivity index (χ4n) is 1.70. The van der Waals surface area contributed by atoms with Gasteiger partial charge < -0.3 is 5.32 Å². The summed E-state index contributed by atoms with van der Waals surface area (Å²) in [6, 6.07) is 10.3. The Morgan fingerprint density at radius 1 is 1.18 bits per heavy atom. The van der Waals surface area contributed by atoms with Gasteiger partial charge in [-0.05, 0) is 35.4 Å². The summed E-state index contributed by atoms with van der Waals surface area (Å²) in [6.07, 6.45) is 2.11. The standard InChI is InChI=1S/C12H17N5/c1-3-10(4-2)13-12-14-15-16-17(12)11-8-6-5-7-9-11/h5-10H,3-4H2,1-2H3,(H,13,14,16). The van der Waals surface area contributed by atoms with Gasteiger partial charge in [-0.15, -0.1) is 0 Å². The molecule has 0 aliphatic carbocycles. The second kappa shape index (κ2) is 5.43. The Balaban J connectivity index is 2.23. The van der Waals surface area contributed by atoms with E-state index in [-0.39, 0.29) is 0 Å². The molecule has 0 amide bonds. The van der Waals surface area contributed by atoms with Crippen molar-refractivity contribution in [2.75, 3.05) is 5.32 Å². The number of hydrogen-bond acceptors (Lipinski definition) is 4. The number of anilines is 1. The molecule has 2 aromatic rings. The highest BCUT2D eigenvalue weighted by molar-refractivity contribution is 5.38. The predicted octanol–water partition coefficient (Wildman–Crippen LogP) is 2.26. The number of tetrazole rings is 1. The van der Waals surface area contributed by atoms with Gasteiger partial charge in [0.25, 0.3) is 0 Å². The third kappa shape index (κ3) is 2.61. The van der Waals surface area contributed by atoms with Crippen LogP contribution in [-0.4, -0.2) is 26.2 Å². The number of hydrogen-bond donors (Lipinski definition) is 1. The minimum absolute atomic E-state index is 0.406. The van der Waals surface area contributed by atoms with E-state index in [9.17, 15) is 0 Å². The van der Waals surface area contributed by atoms with Crippen LogP contribution < -0.4 is 5.32 Å². The van der Waals surface area contributed by atoms with Gasteiger partial charge in [-0.25, -0.2) is 0 Å². The zero-order valence-corrected chi connectivity index (χ0v) is 10.2. The van der Waals surface area contributed by atoms with E-state index in [1.807, 2.05) is 30.3 Å². The lowest BCUT2D eigenvalue weighted by molar-refractivity contribution is 0.659. The molecule has 0 spiro atoms. The lowest BCUT2D eigenvalue weighted by Crippen LogP contribution is -2.20. The quantitative estimate of drug-likeness (QED) is 0.857. The SMILES string of the molecule is CCC(CC)Nc1nnnn1-c1ccccc1. The topological polar surface area (TPSA) is 55.6 Å². The Morgan fingerprint density at radius 2 is 1.88 bits per heavy atom. The molecule has 5 nitrogen and oxygen atoms in total. The number of nitrogens with one attached hydrogen (secondary N) is 1. The normalized spacial score (nSPS) is 10.8. The third-order valence-corrected chi connectivity index (χ3v) is 2.79. The summed E-state index contributed by atoms with van der Waals surface area (Å²) in [6.45, 7) is 4.30. The average Bonchev–Trinajstić information content (AvgIpc) is 2.85. The second-order valence-corrected chi connectivity index (χ2v) is 3.91. The maximum atomic E-state index is 4.02. The highest BCUT2D eigenvalue weighted by Gasteiger charge is 2.11. The van der Waals surface area contributed by atoms with Gasteiger partial charge in [-0.1, -0.05) is 37.1 Å². The van der Waals surface area contributed by atoms with Crippen LogP contribution in [0.2, 0.25) is 0 Å². The Kier molecular flexibility index (Phi) is 3.69. The van der Waals surface area contributed by atoms with Crippen molar-refractivity contribution in [3.05, 3.63) is 30.3 Å². The van der Waals surface area contributed by atoms with Gasteiger partial charge in [0, 0.05) is 6.04 Å². The summed E-state index contributed by atoms with van der Waals surface area (Å²) in [5.74, 6) is 0.699. The van der Waals surface area contributed by atoms with Crippen LogP contribution in [0.4, 0.5) is 5.95 Å². The first-order chi connectivity index (χ1) is 8.35. The molecule has 0 saturated carbocycles. The molecule has 1 aromatic carbocycles. The van der Waals surface area contributed by atoms with Crippen molar-refractivity contribution in [3.63, 3.8) is 0 Å². The fraction of sp³-hybridized carbons (Fsp3) is 0.417. The van der Waals surface area contributed by atoms with E-state index in [2.05, 4.69) is 34.7 Å². The molecule has 0 aliphatic heterocycles. The first-order valence-electron chi connectivity index (χ1n) is 5.95. The molecule has 0 unspecified atom stereocenters. The number of rotatable bonds is 5. The largest absolute Gasteiger partial charge is 0.350 e. The monoisotopic (exact) mass is 231 g/mol. The summed E-state index contributed by atoms with van der Waals surface area (Å²) < 4.78 is 1.72. The van der Waals surface area contributed by atoms with Gasteiger partial charge in [0.2, 0.25) is 5.95 Å². The van der Waals surface area contributed by atoms with Gasteiger partial charge in [-0.3, -0.25) is 0 Å². The average molecular weight is 231 g/mol. The van der Waals surface area contributed by atoms with E-state index in [1.54, 1.807) is 4.68 Å². The summed E-state index contributed by atoms with van der Waals surface area (Å²) in [4.78, 5) is 0. The smallest absolute Gasteiger partial charge is 0.247 e. The fourth-order valence-corrected chi connectivity index (χ4v) is 1.70. The van der Waals surface area contributed by atoms with Crippen LogP contribution in [0.15, 0.2) is 30.3 Å². The Bertz CT molecular complexity index is 447. The van der Waals surface area contributed by atoms with Crippen molar-refractivity contribution in [2.45, 2.75) is 32.7 Å². The molecule has 1 aromatic heterocycles. The van der Waals surface area contributed by atoms with E-state index in [0.29, 0.717) is 12.0 Å². The maximum absolute atomic E-state index is 4.02. The molecule has 0 radical (unpaired) electrons. The molecular weight excluding hydrogens is 214 g/mol. The highest BCUT2D eigenvalue weighted by atomic mass is 15.6. The van der Waals surface area contributed by atoms with Crippen molar-refractivity contribution < 1.29 is 0 Å². The Hall–Kier alpha value is -1.91.